The van der Waals surface area contributed by atoms with Gasteiger partial charge in [-0.1, -0.05) is 6.07 Å². The Bertz CT molecular complexity index is 716. The van der Waals surface area contributed by atoms with Crippen molar-refractivity contribution < 1.29 is 9.59 Å². The summed E-state index contributed by atoms with van der Waals surface area (Å²) in [5, 5.41) is 2.99. The third kappa shape index (κ3) is 4.02. The molecule has 1 saturated heterocycles. The Hall–Kier alpha value is -1.73. The van der Waals surface area contributed by atoms with Crippen molar-refractivity contribution in [2.24, 2.45) is 0 Å². The summed E-state index contributed by atoms with van der Waals surface area (Å²) in [7, 11) is 0. The van der Waals surface area contributed by atoms with E-state index in [0.717, 1.165) is 20.5 Å². The van der Waals surface area contributed by atoms with Crippen molar-refractivity contribution >= 4 is 34.5 Å². The van der Waals surface area contributed by atoms with Crippen LogP contribution in [0.25, 0.3) is 0 Å². The van der Waals surface area contributed by atoms with Gasteiger partial charge in [0.2, 0.25) is 11.8 Å². The molecule has 1 fully saturated rings. The Kier molecular flexibility index (Phi) is 5.30. The summed E-state index contributed by atoms with van der Waals surface area (Å²) in [6, 6.07) is 3.95. The largest absolute Gasteiger partial charge is 0.339 e. The minimum atomic E-state index is 0.132. The van der Waals surface area contributed by atoms with Crippen molar-refractivity contribution in [2.75, 3.05) is 26.2 Å². The number of amides is 2. The Morgan fingerprint density at radius 2 is 1.71 bits per heavy atom. The Balaban J connectivity index is 1.50. The normalized spacial score (nSPS) is 14.9. The van der Waals surface area contributed by atoms with Crippen LogP contribution >= 0.6 is 22.7 Å². The maximum absolute atomic E-state index is 12.5. The molecular weight excluding hydrogens is 342 g/mol. The van der Waals surface area contributed by atoms with Gasteiger partial charge >= 0.3 is 0 Å². The highest BCUT2D eigenvalue weighted by Gasteiger charge is 2.25. The monoisotopic (exact) mass is 363 g/mol. The van der Waals surface area contributed by atoms with Gasteiger partial charge in [-0.15, -0.1) is 22.7 Å². The number of carbonyl (C=O) groups excluding carboxylic acids is 2. The Morgan fingerprint density at radius 1 is 1.08 bits per heavy atom. The summed E-state index contributed by atoms with van der Waals surface area (Å²) in [6.07, 6.45) is 0.880. The zero-order valence-corrected chi connectivity index (χ0v) is 15.6. The second-order valence-electron chi connectivity index (χ2n) is 5.94. The van der Waals surface area contributed by atoms with Gasteiger partial charge in [-0.25, -0.2) is 4.98 Å². The quantitative estimate of drug-likeness (QED) is 0.837. The number of rotatable bonds is 4. The van der Waals surface area contributed by atoms with E-state index >= 15 is 0 Å². The maximum atomic E-state index is 12.5. The van der Waals surface area contributed by atoms with Crippen LogP contribution < -0.4 is 0 Å². The molecule has 1 aliphatic heterocycles. The van der Waals surface area contributed by atoms with Crippen LogP contribution in [-0.4, -0.2) is 52.8 Å². The molecule has 0 aliphatic carbocycles. The molecule has 0 unspecified atom stereocenters. The van der Waals surface area contributed by atoms with Crippen LogP contribution in [0.15, 0.2) is 17.5 Å². The first kappa shape index (κ1) is 17.1. The third-order valence-electron chi connectivity index (χ3n) is 4.20. The van der Waals surface area contributed by atoms with E-state index in [1.807, 2.05) is 41.2 Å². The molecule has 7 heteroatoms. The van der Waals surface area contributed by atoms with Crippen LogP contribution in [0.1, 0.15) is 20.5 Å². The molecular formula is C17H21N3O2S2. The predicted octanol–water partition coefficient (Wildman–Crippen LogP) is 2.28. The van der Waals surface area contributed by atoms with E-state index in [-0.39, 0.29) is 11.8 Å². The molecule has 3 heterocycles. The van der Waals surface area contributed by atoms with E-state index in [9.17, 15) is 9.59 Å². The van der Waals surface area contributed by atoms with E-state index in [4.69, 9.17) is 0 Å². The first-order valence-electron chi connectivity index (χ1n) is 8.04. The molecule has 0 bridgehead atoms. The summed E-state index contributed by atoms with van der Waals surface area (Å²) < 4.78 is 0. The number of aryl methyl sites for hydroxylation is 2. The van der Waals surface area contributed by atoms with Crippen molar-refractivity contribution in [2.45, 2.75) is 26.7 Å². The Labute approximate surface area is 149 Å². The molecule has 5 nitrogen and oxygen atoms in total. The van der Waals surface area contributed by atoms with E-state index < -0.39 is 0 Å². The van der Waals surface area contributed by atoms with Crippen LogP contribution in [0, 0.1) is 13.8 Å². The average molecular weight is 364 g/mol. The average Bonchev–Trinajstić information content (AvgIpc) is 3.17. The van der Waals surface area contributed by atoms with Crippen LogP contribution in [-0.2, 0) is 22.4 Å². The zero-order chi connectivity index (χ0) is 17.1. The van der Waals surface area contributed by atoms with Gasteiger partial charge in [0.1, 0.15) is 0 Å². The molecule has 0 atom stereocenters. The SMILES string of the molecule is Cc1nc(C)c(CC(=O)N2CCN(C(=O)Cc3cccs3)CC2)s1. The maximum Gasteiger partial charge on any atom is 0.228 e. The van der Waals surface area contributed by atoms with Gasteiger partial charge in [0.25, 0.3) is 0 Å². The second kappa shape index (κ2) is 7.44. The number of piperazine rings is 1. The van der Waals surface area contributed by atoms with Crippen molar-refractivity contribution in [1.82, 2.24) is 14.8 Å². The van der Waals surface area contributed by atoms with Crippen molar-refractivity contribution in [3.8, 4) is 0 Å². The van der Waals surface area contributed by atoms with Gasteiger partial charge in [0.05, 0.1) is 23.5 Å². The molecule has 128 valence electrons. The van der Waals surface area contributed by atoms with Gasteiger partial charge in [-0.05, 0) is 25.3 Å². The molecule has 24 heavy (non-hydrogen) atoms. The van der Waals surface area contributed by atoms with Crippen LogP contribution in [0.3, 0.4) is 0 Å². The fraction of sp³-hybridized carbons (Fsp3) is 0.471. The van der Waals surface area contributed by atoms with E-state index in [2.05, 4.69) is 4.98 Å². The van der Waals surface area contributed by atoms with Gasteiger partial charge in [-0.3, -0.25) is 9.59 Å². The van der Waals surface area contributed by atoms with Crippen LogP contribution in [0.4, 0.5) is 0 Å². The number of nitrogens with zero attached hydrogens (tertiary/aromatic N) is 3. The molecule has 2 aromatic rings. The van der Waals surface area contributed by atoms with E-state index in [1.54, 1.807) is 22.7 Å². The van der Waals surface area contributed by atoms with E-state index in [0.29, 0.717) is 39.0 Å². The first-order valence-corrected chi connectivity index (χ1v) is 9.73. The smallest absolute Gasteiger partial charge is 0.228 e. The van der Waals surface area contributed by atoms with Crippen molar-refractivity contribution in [1.29, 1.82) is 0 Å². The summed E-state index contributed by atoms with van der Waals surface area (Å²) in [4.78, 5) is 35.0. The fourth-order valence-corrected chi connectivity index (χ4v) is 4.49. The van der Waals surface area contributed by atoms with Gasteiger partial charge < -0.3 is 9.80 Å². The highest BCUT2D eigenvalue weighted by atomic mass is 32.1. The zero-order valence-electron chi connectivity index (χ0n) is 13.9. The summed E-state index contributed by atoms with van der Waals surface area (Å²) in [6.45, 7) is 6.39. The van der Waals surface area contributed by atoms with Crippen LogP contribution in [0.2, 0.25) is 0 Å². The van der Waals surface area contributed by atoms with Gasteiger partial charge in [0, 0.05) is 35.9 Å². The van der Waals surface area contributed by atoms with Crippen molar-refractivity contribution in [3.63, 3.8) is 0 Å². The lowest BCUT2D eigenvalue weighted by Crippen LogP contribution is -2.51. The lowest BCUT2D eigenvalue weighted by molar-refractivity contribution is -0.138. The molecule has 3 rings (SSSR count). The number of hydrogen-bond acceptors (Lipinski definition) is 5. The molecule has 0 spiro atoms. The standard InChI is InChI=1S/C17H21N3O2S2/c1-12-15(24-13(2)18-12)11-17(22)20-7-5-19(6-8-20)16(21)10-14-4-3-9-23-14/h3-4,9H,5-8,10-11H2,1-2H3. The second-order valence-corrected chi connectivity index (χ2v) is 8.26. The van der Waals surface area contributed by atoms with Crippen molar-refractivity contribution in [3.05, 3.63) is 38.0 Å². The number of carbonyl (C=O) groups is 2. The summed E-state index contributed by atoms with van der Waals surface area (Å²) in [5.74, 6) is 0.283. The lowest BCUT2D eigenvalue weighted by atomic mass is 10.2. The molecule has 2 amide bonds. The molecule has 0 aromatic carbocycles. The molecule has 1 aliphatic rings. The summed E-state index contributed by atoms with van der Waals surface area (Å²) in [5.41, 5.74) is 0.954. The number of aromatic nitrogens is 1. The first-order chi connectivity index (χ1) is 11.5. The highest BCUT2D eigenvalue weighted by Crippen LogP contribution is 2.19. The highest BCUT2D eigenvalue weighted by molar-refractivity contribution is 7.11. The topological polar surface area (TPSA) is 53.5 Å². The molecule has 0 saturated carbocycles. The number of hydrogen-bond donors (Lipinski definition) is 0. The molecule has 2 aromatic heterocycles. The minimum absolute atomic E-state index is 0.132. The number of thiophene rings is 1. The van der Waals surface area contributed by atoms with Gasteiger partial charge in [0.15, 0.2) is 0 Å². The Morgan fingerprint density at radius 3 is 2.21 bits per heavy atom. The molecule has 0 N–H and O–H groups in total. The predicted molar refractivity (Wildman–Crippen MR) is 96.5 cm³/mol. The fourth-order valence-electron chi connectivity index (χ4n) is 2.87. The third-order valence-corrected chi connectivity index (χ3v) is 6.15. The number of thiazole rings is 1. The van der Waals surface area contributed by atoms with E-state index in [1.165, 1.54) is 0 Å². The minimum Gasteiger partial charge on any atom is -0.339 e. The van der Waals surface area contributed by atoms with Gasteiger partial charge in [-0.2, -0.15) is 0 Å². The lowest BCUT2D eigenvalue weighted by Gasteiger charge is -2.34. The molecule has 0 radical (unpaired) electrons. The summed E-state index contributed by atoms with van der Waals surface area (Å²) >= 11 is 3.20. The van der Waals surface area contributed by atoms with Crippen LogP contribution in [0.5, 0.6) is 0 Å².